The molecule has 5 nitrogen and oxygen atoms in total. The van der Waals surface area contributed by atoms with Crippen LogP contribution in [0.2, 0.25) is 5.02 Å². The van der Waals surface area contributed by atoms with Crippen molar-refractivity contribution < 1.29 is 4.79 Å². The molecule has 1 unspecified atom stereocenters. The number of H-pyrrole nitrogens is 2. The number of aromatic nitrogens is 2. The summed E-state index contributed by atoms with van der Waals surface area (Å²) in [6.07, 6.45) is 0. The summed E-state index contributed by atoms with van der Waals surface area (Å²) in [7, 11) is 0. The van der Waals surface area contributed by atoms with Crippen molar-refractivity contribution in [2.24, 2.45) is 0 Å². The summed E-state index contributed by atoms with van der Waals surface area (Å²) in [5.74, 6) is -0.759. The molecular weight excluding hydrogens is 208 g/mol. The number of hydrogen-bond acceptors (Lipinski definition) is 3. The minimum Gasteiger partial charge on any atom is -0.309 e. The van der Waals surface area contributed by atoms with Gasteiger partial charge in [0, 0.05) is 0 Å². The van der Waals surface area contributed by atoms with Crippen molar-refractivity contribution in [3.8, 4) is 0 Å². The maximum Gasteiger partial charge on any atom is 0.325 e. The monoisotopic (exact) mass is 216 g/mol. The normalized spacial score (nSPS) is 12.5. The SMILES string of the molecule is CC(=O)C(C)c1[nH]c(=O)[nH]c(=O)c1Cl. The molecule has 0 radical (unpaired) electrons. The van der Waals surface area contributed by atoms with Crippen LogP contribution >= 0.6 is 11.6 Å². The van der Waals surface area contributed by atoms with Crippen LogP contribution in [0.25, 0.3) is 0 Å². The molecule has 1 rings (SSSR count). The molecule has 0 bridgehead atoms. The van der Waals surface area contributed by atoms with Crippen molar-refractivity contribution in [1.29, 1.82) is 0 Å². The van der Waals surface area contributed by atoms with Gasteiger partial charge in [-0.1, -0.05) is 11.6 Å². The largest absolute Gasteiger partial charge is 0.325 e. The maximum atomic E-state index is 11.1. The highest BCUT2D eigenvalue weighted by Gasteiger charge is 2.17. The molecule has 2 N–H and O–H groups in total. The second kappa shape index (κ2) is 3.79. The fourth-order valence-electron chi connectivity index (χ4n) is 0.990. The Kier molecular flexibility index (Phi) is 2.90. The van der Waals surface area contributed by atoms with Crippen molar-refractivity contribution in [1.82, 2.24) is 9.97 Å². The van der Waals surface area contributed by atoms with E-state index < -0.39 is 17.2 Å². The summed E-state index contributed by atoms with van der Waals surface area (Å²) in [6, 6.07) is 0. The van der Waals surface area contributed by atoms with Gasteiger partial charge in [0.1, 0.15) is 10.8 Å². The molecule has 1 atom stereocenters. The summed E-state index contributed by atoms with van der Waals surface area (Å²) in [4.78, 5) is 37.3. The van der Waals surface area contributed by atoms with E-state index >= 15 is 0 Å². The van der Waals surface area contributed by atoms with Crippen LogP contribution in [-0.4, -0.2) is 15.8 Å². The van der Waals surface area contributed by atoms with Crippen LogP contribution in [0.5, 0.6) is 0 Å². The third-order valence-corrected chi connectivity index (χ3v) is 2.33. The van der Waals surface area contributed by atoms with Gasteiger partial charge in [-0.2, -0.15) is 0 Å². The van der Waals surface area contributed by atoms with Crippen molar-refractivity contribution in [2.75, 3.05) is 0 Å². The van der Waals surface area contributed by atoms with Gasteiger partial charge in [-0.15, -0.1) is 0 Å². The Bertz CT molecular complexity index is 474. The van der Waals surface area contributed by atoms with Gasteiger partial charge in [0.2, 0.25) is 0 Å². The van der Waals surface area contributed by atoms with Crippen LogP contribution in [0.4, 0.5) is 0 Å². The smallest absolute Gasteiger partial charge is 0.309 e. The fourth-order valence-corrected chi connectivity index (χ4v) is 1.25. The van der Waals surface area contributed by atoms with Gasteiger partial charge in [0.05, 0.1) is 11.6 Å². The average molecular weight is 217 g/mol. The molecule has 0 aliphatic carbocycles. The third-order valence-electron chi connectivity index (χ3n) is 1.95. The van der Waals surface area contributed by atoms with Crippen molar-refractivity contribution in [3.63, 3.8) is 0 Å². The van der Waals surface area contributed by atoms with Gasteiger partial charge in [0.15, 0.2) is 0 Å². The number of aromatic amines is 2. The maximum absolute atomic E-state index is 11.1. The van der Waals surface area contributed by atoms with Gasteiger partial charge < -0.3 is 4.98 Å². The molecule has 1 heterocycles. The summed E-state index contributed by atoms with van der Waals surface area (Å²) in [5, 5.41) is -0.146. The molecule has 0 aliphatic heterocycles. The Morgan fingerprint density at radius 1 is 1.36 bits per heavy atom. The third kappa shape index (κ3) is 1.93. The van der Waals surface area contributed by atoms with Gasteiger partial charge >= 0.3 is 5.69 Å². The predicted molar refractivity (Wildman–Crippen MR) is 51.8 cm³/mol. The molecular formula is C8H9ClN2O3. The molecule has 76 valence electrons. The Hall–Kier alpha value is -1.36. The van der Waals surface area contributed by atoms with E-state index in [2.05, 4.69) is 4.98 Å². The predicted octanol–water partition coefficient (Wildman–Crippen LogP) is 0.409. The van der Waals surface area contributed by atoms with Crippen LogP contribution in [0.3, 0.4) is 0 Å². The summed E-state index contributed by atoms with van der Waals surface area (Å²) in [6.45, 7) is 2.93. The average Bonchev–Trinajstić information content (AvgIpc) is 2.09. The van der Waals surface area contributed by atoms with Crippen LogP contribution < -0.4 is 11.2 Å². The van der Waals surface area contributed by atoms with E-state index in [1.165, 1.54) is 6.92 Å². The number of Topliss-reactive ketones (excluding diaryl/α,β-unsaturated/α-hetero) is 1. The highest BCUT2D eigenvalue weighted by molar-refractivity contribution is 6.31. The molecule has 0 fully saturated rings. The lowest BCUT2D eigenvalue weighted by molar-refractivity contribution is -0.118. The molecule has 0 spiro atoms. The topological polar surface area (TPSA) is 82.8 Å². The first-order chi connectivity index (χ1) is 6.43. The molecule has 0 saturated carbocycles. The van der Waals surface area contributed by atoms with Gasteiger partial charge in [0.25, 0.3) is 5.56 Å². The van der Waals surface area contributed by atoms with E-state index in [1.54, 1.807) is 6.92 Å². The number of ketones is 1. The lowest BCUT2D eigenvalue weighted by Crippen LogP contribution is -2.26. The summed E-state index contributed by atoms with van der Waals surface area (Å²) in [5.41, 5.74) is -1.19. The van der Waals surface area contributed by atoms with E-state index in [9.17, 15) is 14.4 Å². The minimum atomic E-state index is -0.682. The minimum absolute atomic E-state index is 0.146. The standard InChI is InChI=1S/C8H9ClN2O3/c1-3(4(2)12)6-5(9)7(13)11-8(14)10-6/h3H,1-2H3,(H2,10,11,13,14). The molecule has 14 heavy (non-hydrogen) atoms. The van der Waals surface area contributed by atoms with Crippen LogP contribution in [0, 0.1) is 0 Å². The van der Waals surface area contributed by atoms with Crippen LogP contribution in [0.15, 0.2) is 9.59 Å². The zero-order valence-electron chi connectivity index (χ0n) is 7.68. The van der Waals surface area contributed by atoms with Crippen LogP contribution in [0.1, 0.15) is 25.5 Å². The van der Waals surface area contributed by atoms with E-state index in [0.29, 0.717) is 0 Å². The molecule has 1 aromatic heterocycles. The van der Waals surface area contributed by atoms with Crippen molar-refractivity contribution in [2.45, 2.75) is 19.8 Å². The Morgan fingerprint density at radius 3 is 2.43 bits per heavy atom. The van der Waals surface area contributed by atoms with Gasteiger partial charge in [-0.3, -0.25) is 14.6 Å². The fraction of sp³-hybridized carbons (Fsp3) is 0.375. The Labute approximate surface area is 84.1 Å². The number of hydrogen-bond donors (Lipinski definition) is 2. The number of nitrogens with one attached hydrogen (secondary N) is 2. The summed E-state index contributed by atoms with van der Waals surface area (Å²) >= 11 is 5.64. The van der Waals surface area contributed by atoms with Crippen molar-refractivity contribution >= 4 is 17.4 Å². The molecule has 0 saturated heterocycles. The molecule has 0 amide bonds. The Morgan fingerprint density at radius 2 is 1.93 bits per heavy atom. The zero-order valence-corrected chi connectivity index (χ0v) is 8.44. The highest BCUT2D eigenvalue weighted by atomic mass is 35.5. The van der Waals surface area contributed by atoms with E-state index in [1.807, 2.05) is 4.98 Å². The van der Waals surface area contributed by atoms with E-state index in [0.717, 1.165) is 0 Å². The quantitative estimate of drug-likeness (QED) is 0.751. The molecule has 1 aromatic rings. The second-order valence-electron chi connectivity index (χ2n) is 2.97. The van der Waals surface area contributed by atoms with Crippen LogP contribution in [-0.2, 0) is 4.79 Å². The zero-order chi connectivity index (χ0) is 10.9. The number of halogens is 1. The first-order valence-corrected chi connectivity index (χ1v) is 4.33. The summed E-state index contributed by atoms with van der Waals surface area (Å²) < 4.78 is 0. The highest BCUT2D eigenvalue weighted by Crippen LogP contribution is 2.17. The van der Waals surface area contributed by atoms with Crippen molar-refractivity contribution in [3.05, 3.63) is 31.6 Å². The first-order valence-electron chi connectivity index (χ1n) is 3.96. The van der Waals surface area contributed by atoms with Gasteiger partial charge in [-0.25, -0.2) is 4.79 Å². The lowest BCUT2D eigenvalue weighted by Gasteiger charge is -2.07. The molecule has 6 heteroatoms. The van der Waals surface area contributed by atoms with Gasteiger partial charge in [-0.05, 0) is 13.8 Å². The number of carbonyl (C=O) groups excluding carboxylic acids is 1. The van der Waals surface area contributed by atoms with E-state index in [4.69, 9.17) is 11.6 Å². The lowest BCUT2D eigenvalue weighted by atomic mass is 10.0. The second-order valence-corrected chi connectivity index (χ2v) is 3.35. The van der Waals surface area contributed by atoms with E-state index in [-0.39, 0.29) is 16.5 Å². The molecule has 0 aliphatic rings. The first kappa shape index (κ1) is 10.7. The molecule has 0 aromatic carbocycles. The Balaban J connectivity index is 3.42. The number of rotatable bonds is 2. The number of carbonyl (C=O) groups is 1.